The van der Waals surface area contributed by atoms with E-state index in [1.807, 2.05) is 11.8 Å². The lowest BCUT2D eigenvalue weighted by molar-refractivity contribution is 0.739. The van der Waals surface area contributed by atoms with Gasteiger partial charge in [0.25, 0.3) is 0 Å². The Labute approximate surface area is 96.8 Å². The first-order chi connectivity index (χ1) is 6.07. The first kappa shape index (κ1) is 9.65. The fourth-order valence-electron chi connectivity index (χ4n) is 1.37. The number of hydrogen-bond acceptors (Lipinski definition) is 2. The van der Waals surface area contributed by atoms with E-state index in [9.17, 15) is 0 Å². The van der Waals surface area contributed by atoms with Crippen LogP contribution in [0.4, 0.5) is 5.69 Å². The molecule has 70 valence electrons. The number of rotatable bonds is 0. The molecule has 1 aliphatic rings. The lowest BCUT2D eigenvalue weighted by atomic mass is 10.2. The molecule has 0 saturated carbocycles. The Hall–Kier alpha value is 0.1000. The molecule has 3 heteroatoms. The molecule has 0 unspecified atom stereocenters. The molecule has 0 fully saturated rings. The van der Waals surface area contributed by atoms with E-state index in [0.717, 1.165) is 6.54 Å². The Morgan fingerprint density at radius 3 is 3.00 bits per heavy atom. The summed E-state index contributed by atoms with van der Waals surface area (Å²) >= 11 is 4.30. The number of anilines is 1. The molecule has 1 aliphatic heterocycles. The van der Waals surface area contributed by atoms with Crippen molar-refractivity contribution in [3.05, 3.63) is 21.8 Å². The van der Waals surface area contributed by atoms with Gasteiger partial charge in [0.05, 0.1) is 0 Å². The molecular formula is C10H12INS. The summed E-state index contributed by atoms with van der Waals surface area (Å²) in [5, 5.41) is 3.47. The number of benzene rings is 1. The van der Waals surface area contributed by atoms with Crippen LogP contribution in [0.25, 0.3) is 0 Å². The minimum Gasteiger partial charge on any atom is -0.383 e. The van der Waals surface area contributed by atoms with Crippen molar-refractivity contribution in [2.75, 3.05) is 11.9 Å². The molecule has 13 heavy (non-hydrogen) atoms. The second kappa shape index (κ2) is 3.35. The van der Waals surface area contributed by atoms with Gasteiger partial charge in [0.15, 0.2) is 0 Å². The summed E-state index contributed by atoms with van der Waals surface area (Å²) in [7, 11) is 0. The van der Waals surface area contributed by atoms with Crippen LogP contribution < -0.4 is 5.32 Å². The number of thioether (sulfide) groups is 1. The summed E-state index contributed by atoms with van der Waals surface area (Å²) in [5.74, 6) is 0. The molecule has 0 saturated heterocycles. The second-order valence-electron chi connectivity index (χ2n) is 3.86. The van der Waals surface area contributed by atoms with E-state index in [2.05, 4.69) is 60.0 Å². The van der Waals surface area contributed by atoms with Crippen molar-refractivity contribution in [2.24, 2.45) is 0 Å². The molecule has 0 atom stereocenters. The highest BCUT2D eigenvalue weighted by molar-refractivity contribution is 14.1. The highest BCUT2D eigenvalue weighted by Gasteiger charge is 2.25. The summed E-state index contributed by atoms with van der Waals surface area (Å²) in [5.41, 5.74) is 1.29. The highest BCUT2D eigenvalue weighted by atomic mass is 127. The van der Waals surface area contributed by atoms with Crippen LogP contribution in [-0.4, -0.2) is 11.3 Å². The van der Waals surface area contributed by atoms with Crippen molar-refractivity contribution < 1.29 is 0 Å². The van der Waals surface area contributed by atoms with E-state index in [4.69, 9.17) is 0 Å². The molecule has 1 N–H and O–H groups in total. The third-order valence-corrected chi connectivity index (χ3v) is 3.98. The van der Waals surface area contributed by atoms with Crippen molar-refractivity contribution in [3.63, 3.8) is 0 Å². The zero-order chi connectivity index (χ0) is 9.47. The number of nitrogens with one attached hydrogen (secondary N) is 1. The molecule has 0 bridgehead atoms. The molecule has 0 aliphatic carbocycles. The van der Waals surface area contributed by atoms with Crippen LogP contribution in [0.3, 0.4) is 0 Å². The zero-order valence-electron chi connectivity index (χ0n) is 7.73. The van der Waals surface area contributed by atoms with Gasteiger partial charge >= 0.3 is 0 Å². The Balaban J connectivity index is 2.37. The van der Waals surface area contributed by atoms with Crippen molar-refractivity contribution in [2.45, 2.75) is 23.5 Å². The van der Waals surface area contributed by atoms with E-state index < -0.39 is 0 Å². The summed E-state index contributed by atoms with van der Waals surface area (Å²) in [6, 6.07) is 6.57. The van der Waals surface area contributed by atoms with E-state index in [1.54, 1.807) is 0 Å². The molecule has 0 spiro atoms. The third kappa shape index (κ3) is 2.13. The van der Waals surface area contributed by atoms with E-state index >= 15 is 0 Å². The average Bonchev–Trinajstić information content (AvgIpc) is 2.05. The van der Waals surface area contributed by atoms with Crippen LogP contribution >= 0.6 is 34.4 Å². The predicted octanol–water partition coefficient (Wildman–Crippen LogP) is 3.59. The average molecular weight is 305 g/mol. The Morgan fingerprint density at radius 2 is 2.23 bits per heavy atom. The van der Waals surface area contributed by atoms with E-state index in [0.29, 0.717) is 4.75 Å². The van der Waals surface area contributed by atoms with Gasteiger partial charge in [0, 0.05) is 25.4 Å². The molecule has 1 nitrogen and oxygen atoms in total. The summed E-state index contributed by atoms with van der Waals surface area (Å²) in [4.78, 5) is 1.37. The van der Waals surface area contributed by atoms with Gasteiger partial charge in [-0.1, -0.05) is 0 Å². The van der Waals surface area contributed by atoms with Crippen LogP contribution in [0.15, 0.2) is 23.1 Å². The minimum absolute atomic E-state index is 0.319. The monoisotopic (exact) mass is 305 g/mol. The molecular weight excluding hydrogens is 293 g/mol. The number of halogens is 1. The Morgan fingerprint density at radius 1 is 1.46 bits per heavy atom. The summed E-state index contributed by atoms with van der Waals surface area (Å²) < 4.78 is 1.61. The quantitative estimate of drug-likeness (QED) is 0.735. The lowest BCUT2D eigenvalue weighted by Crippen LogP contribution is -2.29. The van der Waals surface area contributed by atoms with Gasteiger partial charge in [-0.05, 0) is 54.6 Å². The van der Waals surface area contributed by atoms with Crippen LogP contribution in [0.2, 0.25) is 0 Å². The van der Waals surface area contributed by atoms with Crippen molar-refractivity contribution in [1.82, 2.24) is 0 Å². The third-order valence-electron chi connectivity index (χ3n) is 2.03. The molecule has 0 radical (unpaired) electrons. The topological polar surface area (TPSA) is 12.0 Å². The van der Waals surface area contributed by atoms with Gasteiger partial charge in [-0.3, -0.25) is 0 Å². The second-order valence-corrected chi connectivity index (χ2v) is 6.85. The van der Waals surface area contributed by atoms with Crippen molar-refractivity contribution in [1.29, 1.82) is 0 Å². The molecule has 2 rings (SSSR count). The van der Waals surface area contributed by atoms with Crippen LogP contribution in [-0.2, 0) is 0 Å². The standard InChI is InChI=1S/C10H12INS/c1-10(2)6-12-8-5-7(11)3-4-9(8)13-10/h3-5,12H,6H2,1-2H3. The zero-order valence-corrected chi connectivity index (χ0v) is 10.7. The maximum atomic E-state index is 3.47. The molecule has 1 heterocycles. The summed E-state index contributed by atoms with van der Waals surface area (Å²) in [6.45, 7) is 5.59. The van der Waals surface area contributed by atoms with Crippen molar-refractivity contribution in [3.8, 4) is 0 Å². The number of fused-ring (bicyclic) bond motifs is 1. The Kier molecular flexibility index (Phi) is 2.49. The van der Waals surface area contributed by atoms with E-state index in [1.165, 1.54) is 14.2 Å². The van der Waals surface area contributed by atoms with Gasteiger partial charge in [-0.2, -0.15) is 0 Å². The van der Waals surface area contributed by atoms with E-state index in [-0.39, 0.29) is 0 Å². The van der Waals surface area contributed by atoms with Crippen LogP contribution in [0.1, 0.15) is 13.8 Å². The smallest absolute Gasteiger partial charge is 0.0489 e. The first-order valence-corrected chi connectivity index (χ1v) is 6.19. The summed E-state index contributed by atoms with van der Waals surface area (Å²) in [6.07, 6.45) is 0. The van der Waals surface area contributed by atoms with Crippen molar-refractivity contribution >= 4 is 40.0 Å². The fourth-order valence-corrected chi connectivity index (χ4v) is 2.98. The largest absolute Gasteiger partial charge is 0.383 e. The lowest BCUT2D eigenvalue weighted by Gasteiger charge is -2.31. The predicted molar refractivity (Wildman–Crippen MR) is 67.6 cm³/mol. The van der Waals surface area contributed by atoms with Gasteiger partial charge in [0.2, 0.25) is 0 Å². The number of hydrogen-bond donors (Lipinski definition) is 1. The van der Waals surface area contributed by atoms with Crippen LogP contribution in [0, 0.1) is 3.57 Å². The van der Waals surface area contributed by atoms with Gasteiger partial charge in [-0.25, -0.2) is 0 Å². The van der Waals surface area contributed by atoms with Crippen LogP contribution in [0.5, 0.6) is 0 Å². The van der Waals surface area contributed by atoms with Gasteiger partial charge < -0.3 is 5.32 Å². The molecule has 0 amide bonds. The van der Waals surface area contributed by atoms with Gasteiger partial charge in [0.1, 0.15) is 0 Å². The molecule has 0 aromatic heterocycles. The van der Waals surface area contributed by atoms with Gasteiger partial charge in [-0.15, -0.1) is 11.8 Å². The maximum absolute atomic E-state index is 3.47. The maximum Gasteiger partial charge on any atom is 0.0489 e. The normalized spacial score (nSPS) is 19.0. The molecule has 1 aromatic carbocycles. The fraction of sp³-hybridized carbons (Fsp3) is 0.400. The SMILES string of the molecule is CC1(C)CNc2cc(I)ccc2S1. The Bertz CT molecular complexity index is 336. The minimum atomic E-state index is 0.319. The highest BCUT2D eigenvalue weighted by Crippen LogP contribution is 2.41. The molecule has 1 aromatic rings. The first-order valence-electron chi connectivity index (χ1n) is 4.29.